The molecule has 0 spiro atoms. The number of hydrogen-bond donors (Lipinski definition) is 2. The van der Waals surface area contributed by atoms with Gasteiger partial charge in [0.15, 0.2) is 11.6 Å². The van der Waals surface area contributed by atoms with E-state index in [2.05, 4.69) is 25.8 Å². The molecular weight excluding hydrogens is 361 g/mol. The van der Waals surface area contributed by atoms with Crippen molar-refractivity contribution in [2.45, 2.75) is 6.92 Å². The van der Waals surface area contributed by atoms with E-state index in [9.17, 15) is 4.79 Å². The third kappa shape index (κ3) is 4.23. The van der Waals surface area contributed by atoms with E-state index in [1.807, 2.05) is 0 Å². The van der Waals surface area contributed by atoms with Crippen LogP contribution in [0.15, 0.2) is 48.7 Å². The lowest BCUT2D eigenvalue weighted by Gasteiger charge is -2.10. The van der Waals surface area contributed by atoms with Gasteiger partial charge in [-0.3, -0.25) is 4.79 Å². The largest absolute Gasteiger partial charge is 0.339 e. The van der Waals surface area contributed by atoms with Gasteiger partial charge >= 0.3 is 0 Å². The van der Waals surface area contributed by atoms with Crippen molar-refractivity contribution in [3.8, 4) is 0 Å². The van der Waals surface area contributed by atoms with Crippen LogP contribution in [0.1, 0.15) is 17.3 Å². The molecule has 1 aromatic heterocycles. The van der Waals surface area contributed by atoms with E-state index < -0.39 is 0 Å². The molecule has 0 saturated heterocycles. The molecule has 8 heteroatoms. The molecule has 0 saturated carbocycles. The van der Waals surface area contributed by atoms with Crippen molar-refractivity contribution >= 4 is 52.1 Å². The van der Waals surface area contributed by atoms with Gasteiger partial charge in [-0.15, -0.1) is 5.10 Å². The van der Waals surface area contributed by atoms with Crippen LogP contribution in [0.2, 0.25) is 10.0 Å². The third-order valence-electron chi connectivity index (χ3n) is 3.32. The van der Waals surface area contributed by atoms with Crippen LogP contribution in [-0.4, -0.2) is 21.0 Å². The molecule has 0 unspecified atom stereocenters. The van der Waals surface area contributed by atoms with Crippen molar-refractivity contribution < 1.29 is 4.79 Å². The van der Waals surface area contributed by atoms with Crippen molar-refractivity contribution in [1.29, 1.82) is 0 Å². The zero-order chi connectivity index (χ0) is 17.8. The molecule has 0 atom stereocenters. The highest BCUT2D eigenvalue weighted by Gasteiger charge is 2.08. The van der Waals surface area contributed by atoms with Gasteiger partial charge in [-0.2, -0.15) is 10.1 Å². The van der Waals surface area contributed by atoms with Crippen molar-refractivity contribution in [1.82, 2.24) is 15.2 Å². The fraction of sp³-hybridized carbons (Fsp3) is 0.0588. The Bertz CT molecular complexity index is 895. The van der Waals surface area contributed by atoms with E-state index in [4.69, 9.17) is 23.2 Å². The summed E-state index contributed by atoms with van der Waals surface area (Å²) in [7, 11) is 0. The standard InChI is InChI=1S/C17H13Cl2N5O/c1-10(25)11-5-7-12(8-6-11)21-15-9-20-24-17(22-15)23-16-13(18)3-2-4-14(16)19/h2-9H,1H3,(H2,21,22,23,24). The van der Waals surface area contributed by atoms with Crippen LogP contribution < -0.4 is 10.6 Å². The van der Waals surface area contributed by atoms with Crippen LogP contribution in [0.25, 0.3) is 0 Å². The van der Waals surface area contributed by atoms with Crippen LogP contribution in [0.4, 0.5) is 23.1 Å². The lowest BCUT2D eigenvalue weighted by molar-refractivity contribution is 0.101. The first kappa shape index (κ1) is 17.1. The maximum atomic E-state index is 11.3. The number of halogens is 2. The minimum absolute atomic E-state index is 0.0124. The second-order valence-electron chi connectivity index (χ2n) is 5.15. The summed E-state index contributed by atoms with van der Waals surface area (Å²) >= 11 is 12.2. The summed E-state index contributed by atoms with van der Waals surface area (Å²) in [5.74, 6) is 0.745. The van der Waals surface area contributed by atoms with E-state index in [0.29, 0.717) is 27.1 Å². The van der Waals surface area contributed by atoms with Gasteiger partial charge in [0.05, 0.1) is 21.9 Å². The highest BCUT2D eigenvalue weighted by molar-refractivity contribution is 6.39. The van der Waals surface area contributed by atoms with Crippen molar-refractivity contribution in [2.75, 3.05) is 10.6 Å². The second kappa shape index (κ2) is 7.46. The predicted octanol–water partition coefficient (Wildman–Crippen LogP) is 4.87. The van der Waals surface area contributed by atoms with Crippen LogP contribution in [0, 0.1) is 0 Å². The Labute approximate surface area is 154 Å². The zero-order valence-corrected chi connectivity index (χ0v) is 14.6. The van der Waals surface area contributed by atoms with Gasteiger partial charge < -0.3 is 10.6 Å². The molecule has 0 bridgehead atoms. The lowest BCUT2D eigenvalue weighted by atomic mass is 10.1. The first-order valence-corrected chi connectivity index (χ1v) is 8.07. The summed E-state index contributed by atoms with van der Waals surface area (Å²) in [6, 6.07) is 12.2. The summed E-state index contributed by atoms with van der Waals surface area (Å²) in [6.45, 7) is 1.52. The van der Waals surface area contributed by atoms with Crippen LogP contribution in [0.5, 0.6) is 0 Å². The minimum atomic E-state index is 0.0124. The van der Waals surface area contributed by atoms with E-state index in [0.717, 1.165) is 5.69 Å². The number of aromatic nitrogens is 3. The fourth-order valence-corrected chi connectivity index (χ4v) is 2.57. The molecule has 0 fully saturated rings. The zero-order valence-electron chi connectivity index (χ0n) is 13.1. The van der Waals surface area contributed by atoms with Gasteiger partial charge in [0.2, 0.25) is 5.95 Å². The number of ketones is 1. The van der Waals surface area contributed by atoms with Crippen molar-refractivity contribution in [3.63, 3.8) is 0 Å². The number of rotatable bonds is 5. The monoisotopic (exact) mass is 373 g/mol. The maximum absolute atomic E-state index is 11.3. The molecule has 2 N–H and O–H groups in total. The smallest absolute Gasteiger partial charge is 0.249 e. The minimum Gasteiger partial charge on any atom is -0.339 e. The number of carbonyl (C=O) groups excluding carboxylic acids is 1. The average molecular weight is 374 g/mol. The summed E-state index contributed by atoms with van der Waals surface area (Å²) in [6.07, 6.45) is 1.48. The molecule has 1 heterocycles. The number of para-hydroxylation sites is 1. The van der Waals surface area contributed by atoms with Gasteiger partial charge in [-0.05, 0) is 43.3 Å². The van der Waals surface area contributed by atoms with Crippen LogP contribution in [-0.2, 0) is 0 Å². The Morgan fingerprint density at radius 3 is 2.32 bits per heavy atom. The Hall–Kier alpha value is -2.70. The second-order valence-corrected chi connectivity index (χ2v) is 5.96. The number of benzene rings is 2. The first-order chi connectivity index (χ1) is 12.0. The molecule has 0 aliphatic rings. The topological polar surface area (TPSA) is 79.8 Å². The Balaban J connectivity index is 1.78. The molecule has 0 aliphatic carbocycles. The molecule has 0 aliphatic heterocycles. The number of carbonyl (C=O) groups is 1. The summed E-state index contributed by atoms with van der Waals surface area (Å²) in [4.78, 5) is 15.6. The Morgan fingerprint density at radius 1 is 1.00 bits per heavy atom. The SMILES string of the molecule is CC(=O)c1ccc(Nc2cnnc(Nc3c(Cl)cccc3Cl)n2)cc1. The summed E-state index contributed by atoms with van der Waals surface area (Å²) in [5, 5.41) is 14.8. The van der Waals surface area contributed by atoms with Crippen LogP contribution in [0.3, 0.4) is 0 Å². The fourth-order valence-electron chi connectivity index (χ4n) is 2.08. The summed E-state index contributed by atoms with van der Waals surface area (Å²) in [5.41, 5.74) is 1.92. The third-order valence-corrected chi connectivity index (χ3v) is 3.95. The molecule has 2 aromatic carbocycles. The number of anilines is 4. The number of nitrogens with one attached hydrogen (secondary N) is 2. The van der Waals surface area contributed by atoms with E-state index >= 15 is 0 Å². The van der Waals surface area contributed by atoms with Crippen molar-refractivity contribution in [2.24, 2.45) is 0 Å². The quantitative estimate of drug-likeness (QED) is 0.621. The lowest BCUT2D eigenvalue weighted by Crippen LogP contribution is -2.03. The molecule has 0 radical (unpaired) electrons. The van der Waals surface area contributed by atoms with E-state index in [-0.39, 0.29) is 11.7 Å². The first-order valence-electron chi connectivity index (χ1n) is 7.32. The van der Waals surface area contributed by atoms with E-state index in [1.165, 1.54) is 13.1 Å². The molecule has 3 rings (SSSR count). The summed E-state index contributed by atoms with van der Waals surface area (Å²) < 4.78 is 0. The van der Waals surface area contributed by atoms with Crippen molar-refractivity contribution in [3.05, 3.63) is 64.3 Å². The average Bonchev–Trinajstić information content (AvgIpc) is 2.59. The number of hydrogen-bond acceptors (Lipinski definition) is 6. The Morgan fingerprint density at radius 2 is 1.68 bits per heavy atom. The van der Waals surface area contributed by atoms with Gasteiger partial charge in [-0.25, -0.2) is 0 Å². The highest BCUT2D eigenvalue weighted by atomic mass is 35.5. The molecule has 126 valence electrons. The number of nitrogens with zero attached hydrogens (tertiary/aromatic N) is 3. The molecule has 25 heavy (non-hydrogen) atoms. The van der Waals surface area contributed by atoms with E-state index in [1.54, 1.807) is 42.5 Å². The van der Waals surface area contributed by atoms with Gasteiger partial charge in [0.1, 0.15) is 0 Å². The molecular formula is C17H13Cl2N5O. The molecule has 3 aromatic rings. The molecule has 6 nitrogen and oxygen atoms in total. The van der Waals surface area contributed by atoms with Gasteiger partial charge in [0.25, 0.3) is 0 Å². The molecule has 0 amide bonds. The maximum Gasteiger partial charge on any atom is 0.249 e. The van der Waals surface area contributed by atoms with Crippen LogP contribution >= 0.6 is 23.2 Å². The number of Topliss-reactive ketones (excluding diaryl/α,β-unsaturated/α-hetero) is 1. The van der Waals surface area contributed by atoms with Gasteiger partial charge in [-0.1, -0.05) is 29.3 Å². The highest BCUT2D eigenvalue weighted by Crippen LogP contribution is 2.31. The predicted molar refractivity (Wildman–Crippen MR) is 99.3 cm³/mol. The normalized spacial score (nSPS) is 10.4. The van der Waals surface area contributed by atoms with Gasteiger partial charge in [0, 0.05) is 11.3 Å². The Kier molecular flexibility index (Phi) is 5.11.